The molecule has 1 aliphatic carbocycles. The van der Waals surface area contributed by atoms with Crippen molar-refractivity contribution in [3.05, 3.63) is 59.9 Å². The van der Waals surface area contributed by atoms with Crippen molar-refractivity contribution in [2.24, 2.45) is 0 Å². The Morgan fingerprint density at radius 3 is 2.88 bits per heavy atom. The molecule has 3 aromatic rings. The molecule has 1 saturated carbocycles. The molecule has 134 valence electrons. The van der Waals surface area contributed by atoms with E-state index in [-0.39, 0.29) is 4.87 Å². The average Bonchev–Trinajstić information content (AvgIpc) is 3.32. The fourth-order valence-corrected chi connectivity index (χ4v) is 4.58. The van der Waals surface area contributed by atoms with Crippen LogP contribution in [0.15, 0.2) is 43.0 Å². The summed E-state index contributed by atoms with van der Waals surface area (Å²) in [5.74, 6) is 0.941. The van der Waals surface area contributed by atoms with Crippen LogP contribution >= 0.6 is 11.6 Å². The standard InChI is InChI=1S/C19H21ClN6/c20-19(6-4-16(5-7-19)26-9-1-8-23-26)15-2-3-17-14(10-15)11-21-12-18-24-22-13-25(17)18/h1-3,8-10,13,16,21H,4-7,11-12H2. The molecule has 1 aliphatic heterocycles. The summed E-state index contributed by atoms with van der Waals surface area (Å²) in [5.41, 5.74) is 3.61. The molecule has 5 rings (SSSR count). The van der Waals surface area contributed by atoms with Gasteiger partial charge in [0.2, 0.25) is 0 Å². The lowest BCUT2D eigenvalue weighted by Crippen LogP contribution is -2.28. The molecule has 3 heterocycles. The first-order valence-corrected chi connectivity index (χ1v) is 9.52. The number of alkyl halides is 1. The second-order valence-electron chi connectivity index (χ2n) is 7.25. The maximum Gasteiger partial charge on any atom is 0.151 e. The van der Waals surface area contributed by atoms with Crippen molar-refractivity contribution in [3.63, 3.8) is 0 Å². The Labute approximate surface area is 157 Å². The third-order valence-electron chi connectivity index (χ3n) is 5.72. The minimum Gasteiger partial charge on any atom is -0.306 e. The third kappa shape index (κ3) is 2.64. The van der Waals surface area contributed by atoms with Gasteiger partial charge in [-0.05, 0) is 48.9 Å². The van der Waals surface area contributed by atoms with Crippen LogP contribution in [-0.2, 0) is 18.0 Å². The van der Waals surface area contributed by atoms with Crippen LogP contribution in [0.1, 0.15) is 48.7 Å². The molecule has 2 aromatic heterocycles. The van der Waals surface area contributed by atoms with E-state index in [1.165, 1.54) is 11.1 Å². The van der Waals surface area contributed by atoms with E-state index >= 15 is 0 Å². The summed E-state index contributed by atoms with van der Waals surface area (Å²) < 4.78 is 4.14. The quantitative estimate of drug-likeness (QED) is 0.705. The molecule has 7 heteroatoms. The first kappa shape index (κ1) is 16.0. The van der Waals surface area contributed by atoms with Crippen molar-refractivity contribution in [1.29, 1.82) is 0 Å². The molecule has 6 nitrogen and oxygen atoms in total. The van der Waals surface area contributed by atoms with Gasteiger partial charge in [0, 0.05) is 18.9 Å². The normalized spacial score (nSPS) is 25.3. The highest BCUT2D eigenvalue weighted by atomic mass is 35.5. The van der Waals surface area contributed by atoms with Crippen LogP contribution in [-0.4, -0.2) is 24.5 Å². The monoisotopic (exact) mass is 368 g/mol. The van der Waals surface area contributed by atoms with Crippen molar-refractivity contribution in [2.45, 2.75) is 49.7 Å². The van der Waals surface area contributed by atoms with Crippen molar-refractivity contribution >= 4 is 11.6 Å². The molecule has 0 radical (unpaired) electrons. The summed E-state index contributed by atoms with van der Waals surface area (Å²) in [6.07, 6.45) is 9.71. The van der Waals surface area contributed by atoms with E-state index in [0.717, 1.165) is 50.3 Å². The van der Waals surface area contributed by atoms with Crippen molar-refractivity contribution in [1.82, 2.24) is 29.9 Å². The Morgan fingerprint density at radius 2 is 2.08 bits per heavy atom. The number of nitrogens with one attached hydrogen (secondary N) is 1. The van der Waals surface area contributed by atoms with Gasteiger partial charge in [-0.15, -0.1) is 21.8 Å². The van der Waals surface area contributed by atoms with E-state index in [1.54, 1.807) is 6.33 Å². The summed E-state index contributed by atoms with van der Waals surface area (Å²) in [6.45, 7) is 1.54. The lowest BCUT2D eigenvalue weighted by Gasteiger charge is -2.36. The van der Waals surface area contributed by atoms with Gasteiger partial charge in [0.1, 0.15) is 6.33 Å². The first-order valence-electron chi connectivity index (χ1n) is 9.14. The molecule has 0 spiro atoms. The average molecular weight is 369 g/mol. The number of hydrogen-bond donors (Lipinski definition) is 1. The SMILES string of the molecule is ClC1(c2ccc3c(c2)CNCc2nncn2-3)CCC(n2cccn2)CC1. The van der Waals surface area contributed by atoms with E-state index in [0.29, 0.717) is 6.04 Å². The zero-order valence-electron chi connectivity index (χ0n) is 14.5. The van der Waals surface area contributed by atoms with E-state index in [1.807, 2.05) is 12.3 Å². The largest absolute Gasteiger partial charge is 0.306 e. The Balaban J connectivity index is 1.42. The maximum atomic E-state index is 7.11. The number of benzene rings is 1. The predicted octanol–water partition coefficient (Wildman–Crippen LogP) is 3.32. The minimum absolute atomic E-state index is 0.291. The molecule has 26 heavy (non-hydrogen) atoms. The number of aromatic nitrogens is 5. The topological polar surface area (TPSA) is 60.6 Å². The lowest BCUT2D eigenvalue weighted by atomic mass is 9.80. The molecular weight excluding hydrogens is 348 g/mol. The number of rotatable bonds is 2. The highest BCUT2D eigenvalue weighted by molar-refractivity contribution is 6.24. The van der Waals surface area contributed by atoms with E-state index in [4.69, 9.17) is 11.6 Å². The highest BCUT2D eigenvalue weighted by Crippen LogP contribution is 2.46. The fraction of sp³-hybridized carbons (Fsp3) is 0.421. The lowest BCUT2D eigenvalue weighted by molar-refractivity contribution is 0.281. The Kier molecular flexibility index (Phi) is 3.83. The van der Waals surface area contributed by atoms with Gasteiger partial charge >= 0.3 is 0 Å². The summed E-state index contributed by atoms with van der Waals surface area (Å²) >= 11 is 7.11. The molecule has 0 saturated heterocycles. The van der Waals surface area contributed by atoms with Gasteiger partial charge < -0.3 is 5.32 Å². The third-order valence-corrected chi connectivity index (χ3v) is 6.32. The van der Waals surface area contributed by atoms with Gasteiger partial charge in [0.25, 0.3) is 0 Å². The molecule has 0 unspecified atom stereocenters. The summed E-state index contributed by atoms with van der Waals surface area (Å²) in [5, 5.41) is 16.1. The summed E-state index contributed by atoms with van der Waals surface area (Å²) in [4.78, 5) is -0.291. The van der Waals surface area contributed by atoms with E-state index < -0.39 is 0 Å². The Hall–Kier alpha value is -2.18. The number of fused-ring (bicyclic) bond motifs is 3. The van der Waals surface area contributed by atoms with Gasteiger partial charge in [-0.1, -0.05) is 12.1 Å². The van der Waals surface area contributed by atoms with Crippen molar-refractivity contribution < 1.29 is 0 Å². The van der Waals surface area contributed by atoms with E-state index in [2.05, 4.69) is 54.3 Å². The van der Waals surface area contributed by atoms with Crippen molar-refractivity contribution in [3.8, 4) is 5.69 Å². The maximum absolute atomic E-state index is 7.11. The van der Waals surface area contributed by atoms with Crippen LogP contribution in [0.2, 0.25) is 0 Å². The van der Waals surface area contributed by atoms with Gasteiger partial charge in [-0.25, -0.2) is 0 Å². The van der Waals surface area contributed by atoms with Crippen LogP contribution in [0.4, 0.5) is 0 Å². The summed E-state index contributed by atoms with van der Waals surface area (Å²) in [6, 6.07) is 9.04. The van der Waals surface area contributed by atoms with Gasteiger partial charge in [-0.3, -0.25) is 9.25 Å². The van der Waals surface area contributed by atoms with E-state index in [9.17, 15) is 0 Å². The van der Waals surface area contributed by atoms with Crippen molar-refractivity contribution in [2.75, 3.05) is 0 Å². The zero-order valence-corrected chi connectivity index (χ0v) is 15.2. The summed E-state index contributed by atoms with van der Waals surface area (Å²) in [7, 11) is 0. The molecule has 1 aromatic carbocycles. The van der Waals surface area contributed by atoms with Crippen LogP contribution < -0.4 is 5.32 Å². The van der Waals surface area contributed by atoms with Gasteiger partial charge in [0.15, 0.2) is 5.82 Å². The predicted molar refractivity (Wildman–Crippen MR) is 99.2 cm³/mol. The van der Waals surface area contributed by atoms with Gasteiger partial charge in [0.05, 0.1) is 23.1 Å². The number of halogens is 1. The second-order valence-corrected chi connectivity index (χ2v) is 7.97. The molecule has 0 amide bonds. The van der Waals surface area contributed by atoms with Gasteiger partial charge in [-0.2, -0.15) is 5.10 Å². The smallest absolute Gasteiger partial charge is 0.151 e. The Morgan fingerprint density at radius 1 is 1.19 bits per heavy atom. The molecule has 2 aliphatic rings. The molecule has 1 N–H and O–H groups in total. The highest BCUT2D eigenvalue weighted by Gasteiger charge is 2.36. The molecule has 1 fully saturated rings. The molecule has 0 bridgehead atoms. The van der Waals surface area contributed by atoms with Crippen LogP contribution in [0.25, 0.3) is 5.69 Å². The van der Waals surface area contributed by atoms with Crippen LogP contribution in [0, 0.1) is 0 Å². The van der Waals surface area contributed by atoms with Crippen LogP contribution in [0.5, 0.6) is 0 Å². The Bertz CT molecular complexity index is 908. The fourth-order valence-electron chi connectivity index (χ4n) is 4.24. The van der Waals surface area contributed by atoms with Crippen LogP contribution in [0.3, 0.4) is 0 Å². The first-order chi connectivity index (χ1) is 12.7. The number of hydrogen-bond acceptors (Lipinski definition) is 4. The number of nitrogens with zero attached hydrogens (tertiary/aromatic N) is 5. The second kappa shape index (κ2) is 6.21. The minimum atomic E-state index is -0.291. The molecular formula is C19H21ClN6. The molecule has 0 atom stereocenters. The zero-order chi connectivity index (χ0) is 17.6.